The summed E-state index contributed by atoms with van der Waals surface area (Å²) < 4.78 is 17.9. The molecule has 1 N–H and O–H groups in total. The van der Waals surface area contributed by atoms with Crippen LogP contribution >= 0.6 is 12.2 Å². The van der Waals surface area contributed by atoms with Crippen molar-refractivity contribution in [1.82, 2.24) is 19.7 Å². The standard InChI is InChI=1S/C20H27FN4S/c1-5-12-24-18(15-6-7-15)23-25(19(24)26)13-22-17(20(2,3)4)14-8-10-16(21)11-9-14/h5,8-11,15,17,22H,1,6-7,12-13H2,2-4H3. The Morgan fingerprint density at radius 1 is 1.35 bits per heavy atom. The number of nitrogens with one attached hydrogen (secondary N) is 1. The fourth-order valence-corrected chi connectivity index (χ4v) is 3.54. The number of hydrogen-bond donors (Lipinski definition) is 1. The molecule has 0 bridgehead atoms. The highest BCUT2D eigenvalue weighted by molar-refractivity contribution is 7.71. The third kappa shape index (κ3) is 4.13. The van der Waals surface area contributed by atoms with Gasteiger partial charge in [-0.2, -0.15) is 5.10 Å². The minimum absolute atomic E-state index is 0.0387. The second kappa shape index (κ2) is 7.45. The Bertz CT molecular complexity index is 825. The molecule has 1 heterocycles. The van der Waals surface area contributed by atoms with Crippen LogP contribution in [0.25, 0.3) is 0 Å². The summed E-state index contributed by atoms with van der Waals surface area (Å²) in [6.07, 6.45) is 4.21. The van der Waals surface area contributed by atoms with Crippen LogP contribution in [0.15, 0.2) is 36.9 Å². The van der Waals surface area contributed by atoms with Crippen LogP contribution in [0.5, 0.6) is 0 Å². The predicted octanol–water partition coefficient (Wildman–Crippen LogP) is 4.95. The van der Waals surface area contributed by atoms with E-state index >= 15 is 0 Å². The predicted molar refractivity (Wildman–Crippen MR) is 105 cm³/mol. The molecule has 26 heavy (non-hydrogen) atoms. The molecule has 140 valence electrons. The summed E-state index contributed by atoms with van der Waals surface area (Å²) in [5.41, 5.74) is 1.02. The zero-order valence-electron chi connectivity index (χ0n) is 15.7. The lowest BCUT2D eigenvalue weighted by Crippen LogP contribution is -2.34. The second-order valence-electron chi connectivity index (χ2n) is 8.03. The molecule has 3 rings (SSSR count). The molecule has 1 atom stereocenters. The number of rotatable bonds is 7. The van der Waals surface area contributed by atoms with Crippen LogP contribution in [0.3, 0.4) is 0 Å². The van der Waals surface area contributed by atoms with Gasteiger partial charge in [0.2, 0.25) is 0 Å². The Labute approximate surface area is 159 Å². The molecule has 1 aromatic carbocycles. The average molecular weight is 375 g/mol. The first kappa shape index (κ1) is 19.0. The van der Waals surface area contributed by atoms with Crippen LogP contribution in [-0.4, -0.2) is 14.3 Å². The fourth-order valence-electron chi connectivity index (χ4n) is 3.26. The Morgan fingerprint density at radius 3 is 2.54 bits per heavy atom. The molecule has 1 fully saturated rings. The summed E-state index contributed by atoms with van der Waals surface area (Å²) in [4.78, 5) is 0. The van der Waals surface area contributed by atoms with Gasteiger partial charge in [0.25, 0.3) is 0 Å². The number of halogens is 1. The van der Waals surface area contributed by atoms with Gasteiger partial charge >= 0.3 is 0 Å². The van der Waals surface area contributed by atoms with E-state index in [4.69, 9.17) is 17.3 Å². The van der Waals surface area contributed by atoms with E-state index in [2.05, 4.69) is 37.2 Å². The lowest BCUT2D eigenvalue weighted by atomic mass is 9.82. The SMILES string of the molecule is C=CCn1c(C2CC2)nn(CNC(c2ccc(F)cc2)C(C)(C)C)c1=S. The zero-order valence-corrected chi connectivity index (χ0v) is 16.5. The van der Waals surface area contributed by atoms with E-state index in [1.165, 1.54) is 25.0 Å². The van der Waals surface area contributed by atoms with Gasteiger partial charge in [-0.3, -0.25) is 9.88 Å². The van der Waals surface area contributed by atoms with Gasteiger partial charge in [-0.25, -0.2) is 9.07 Å². The van der Waals surface area contributed by atoms with Crippen LogP contribution < -0.4 is 5.32 Å². The molecule has 0 radical (unpaired) electrons. The summed E-state index contributed by atoms with van der Waals surface area (Å²) in [6.45, 7) is 11.5. The van der Waals surface area contributed by atoms with E-state index in [1.54, 1.807) is 0 Å². The maximum Gasteiger partial charge on any atom is 0.199 e. The minimum atomic E-state index is -0.221. The van der Waals surface area contributed by atoms with Crippen LogP contribution in [0, 0.1) is 16.0 Å². The lowest BCUT2D eigenvalue weighted by Gasteiger charge is -2.32. The van der Waals surface area contributed by atoms with E-state index in [9.17, 15) is 4.39 Å². The molecule has 2 aromatic rings. The van der Waals surface area contributed by atoms with Crippen LogP contribution in [0.4, 0.5) is 4.39 Å². The van der Waals surface area contributed by atoms with Gasteiger partial charge in [0, 0.05) is 18.5 Å². The Kier molecular flexibility index (Phi) is 5.44. The fraction of sp³-hybridized carbons (Fsp3) is 0.500. The molecule has 6 heteroatoms. The summed E-state index contributed by atoms with van der Waals surface area (Å²) in [7, 11) is 0. The normalized spacial score (nSPS) is 15.8. The summed E-state index contributed by atoms with van der Waals surface area (Å²) in [5.74, 6) is 1.36. The average Bonchev–Trinajstić information content (AvgIpc) is 3.37. The van der Waals surface area contributed by atoms with E-state index in [-0.39, 0.29) is 17.3 Å². The van der Waals surface area contributed by atoms with Crippen LogP contribution in [-0.2, 0) is 13.2 Å². The van der Waals surface area contributed by atoms with Crippen molar-refractivity contribution in [3.05, 3.63) is 58.9 Å². The monoisotopic (exact) mass is 374 g/mol. The van der Waals surface area contributed by atoms with Crippen molar-refractivity contribution in [2.24, 2.45) is 5.41 Å². The first-order chi connectivity index (χ1) is 12.3. The van der Waals surface area contributed by atoms with E-state index in [0.717, 1.165) is 11.4 Å². The zero-order chi connectivity index (χ0) is 18.9. The molecule has 1 saturated carbocycles. The highest BCUT2D eigenvalue weighted by atomic mass is 32.1. The van der Waals surface area contributed by atoms with E-state index < -0.39 is 0 Å². The van der Waals surface area contributed by atoms with Crippen molar-refractivity contribution in [3.63, 3.8) is 0 Å². The van der Waals surface area contributed by atoms with Gasteiger partial charge in [-0.1, -0.05) is 39.0 Å². The third-order valence-corrected chi connectivity index (χ3v) is 5.15. The van der Waals surface area contributed by atoms with E-state index in [1.807, 2.05) is 22.9 Å². The van der Waals surface area contributed by atoms with Crippen LogP contribution in [0.1, 0.15) is 57.0 Å². The van der Waals surface area contributed by atoms with Crippen molar-refractivity contribution < 1.29 is 4.39 Å². The first-order valence-corrected chi connectivity index (χ1v) is 9.49. The highest BCUT2D eigenvalue weighted by Crippen LogP contribution is 2.39. The van der Waals surface area contributed by atoms with Gasteiger partial charge in [-0.05, 0) is 48.2 Å². The Balaban J connectivity index is 1.83. The van der Waals surface area contributed by atoms with Crippen molar-refractivity contribution >= 4 is 12.2 Å². The van der Waals surface area contributed by atoms with E-state index in [0.29, 0.717) is 23.9 Å². The molecule has 0 aliphatic heterocycles. The topological polar surface area (TPSA) is 34.8 Å². The maximum atomic E-state index is 13.3. The third-order valence-electron chi connectivity index (χ3n) is 4.72. The Morgan fingerprint density at radius 2 is 2.00 bits per heavy atom. The van der Waals surface area contributed by atoms with Crippen LogP contribution in [0.2, 0.25) is 0 Å². The van der Waals surface area contributed by atoms with Crippen molar-refractivity contribution in [3.8, 4) is 0 Å². The molecule has 0 amide bonds. The summed E-state index contributed by atoms with van der Waals surface area (Å²) in [5, 5.41) is 8.32. The van der Waals surface area contributed by atoms with Gasteiger partial charge in [-0.15, -0.1) is 6.58 Å². The number of allylic oxidation sites excluding steroid dienone is 1. The first-order valence-electron chi connectivity index (χ1n) is 9.08. The number of aromatic nitrogens is 3. The highest BCUT2D eigenvalue weighted by Gasteiger charge is 2.30. The minimum Gasteiger partial charge on any atom is -0.300 e. The molecule has 0 spiro atoms. The summed E-state index contributed by atoms with van der Waals surface area (Å²) >= 11 is 5.63. The largest absolute Gasteiger partial charge is 0.300 e. The Hall–Kier alpha value is -1.79. The molecular formula is C20H27FN4S. The van der Waals surface area contributed by atoms with Crippen molar-refractivity contribution in [2.75, 3.05) is 0 Å². The molecule has 0 saturated heterocycles. The van der Waals surface area contributed by atoms with Gasteiger partial charge in [0.1, 0.15) is 11.6 Å². The number of benzene rings is 1. The molecule has 1 unspecified atom stereocenters. The van der Waals surface area contributed by atoms with Gasteiger partial charge < -0.3 is 0 Å². The molecule has 4 nitrogen and oxygen atoms in total. The molecule has 1 aliphatic rings. The summed E-state index contributed by atoms with van der Waals surface area (Å²) in [6, 6.07) is 6.74. The lowest BCUT2D eigenvalue weighted by molar-refractivity contribution is 0.251. The smallest absolute Gasteiger partial charge is 0.199 e. The molecular weight excluding hydrogens is 347 g/mol. The molecule has 1 aliphatic carbocycles. The van der Waals surface area contributed by atoms with Crippen molar-refractivity contribution in [2.45, 2.75) is 58.8 Å². The molecule has 1 aromatic heterocycles. The number of hydrogen-bond acceptors (Lipinski definition) is 3. The maximum absolute atomic E-state index is 13.3. The van der Waals surface area contributed by atoms with Gasteiger partial charge in [0.15, 0.2) is 4.77 Å². The second-order valence-corrected chi connectivity index (χ2v) is 8.39. The van der Waals surface area contributed by atoms with Crippen molar-refractivity contribution in [1.29, 1.82) is 0 Å². The number of nitrogens with zero attached hydrogens (tertiary/aromatic N) is 3. The van der Waals surface area contributed by atoms with Gasteiger partial charge in [0.05, 0.1) is 6.67 Å². The quantitative estimate of drug-likeness (QED) is 0.550.